The summed E-state index contributed by atoms with van der Waals surface area (Å²) in [6, 6.07) is 12.5. The second-order valence-corrected chi connectivity index (χ2v) is 7.82. The van der Waals surface area contributed by atoms with Gasteiger partial charge in [-0.3, -0.25) is 0 Å². The van der Waals surface area contributed by atoms with Gasteiger partial charge in [-0.2, -0.15) is 0 Å². The Bertz CT molecular complexity index is 702. The smallest absolute Gasteiger partial charge is 0.410 e. The molecule has 0 bridgehead atoms. The van der Waals surface area contributed by atoms with Crippen molar-refractivity contribution in [3.05, 3.63) is 48.2 Å². The van der Waals surface area contributed by atoms with Gasteiger partial charge >= 0.3 is 6.09 Å². The molecule has 1 amide bonds. The summed E-state index contributed by atoms with van der Waals surface area (Å²) >= 11 is 0. The summed E-state index contributed by atoms with van der Waals surface area (Å²) in [5.74, 6) is 0.879. The number of hydrogen-bond acceptors (Lipinski definition) is 4. The van der Waals surface area contributed by atoms with Crippen molar-refractivity contribution in [1.29, 1.82) is 0 Å². The van der Waals surface area contributed by atoms with E-state index in [4.69, 9.17) is 9.15 Å². The first kappa shape index (κ1) is 18.5. The van der Waals surface area contributed by atoms with E-state index in [2.05, 4.69) is 29.6 Å². The third kappa shape index (κ3) is 5.11. The van der Waals surface area contributed by atoms with Crippen molar-refractivity contribution in [2.75, 3.05) is 13.1 Å². The summed E-state index contributed by atoms with van der Waals surface area (Å²) in [7, 11) is 0. The Morgan fingerprint density at radius 2 is 2.04 bits per heavy atom. The molecule has 2 heterocycles. The molecule has 1 aromatic heterocycles. The Morgan fingerprint density at radius 3 is 2.69 bits per heavy atom. The molecule has 1 atom stereocenters. The zero-order valence-electron chi connectivity index (χ0n) is 15.8. The number of ether oxygens (including phenoxy) is 1. The summed E-state index contributed by atoms with van der Waals surface area (Å²) in [5, 5.41) is 3.57. The van der Waals surface area contributed by atoms with E-state index >= 15 is 0 Å². The number of furan rings is 1. The van der Waals surface area contributed by atoms with Crippen molar-refractivity contribution in [2.45, 2.75) is 51.8 Å². The number of benzene rings is 1. The maximum absolute atomic E-state index is 12.3. The van der Waals surface area contributed by atoms with E-state index in [1.54, 1.807) is 6.26 Å². The molecule has 1 aromatic carbocycles. The normalized spacial score (nSPS) is 18.0. The van der Waals surface area contributed by atoms with Crippen LogP contribution in [0.4, 0.5) is 4.79 Å². The average molecular weight is 356 g/mol. The second-order valence-electron chi connectivity index (χ2n) is 7.82. The van der Waals surface area contributed by atoms with Gasteiger partial charge in [-0.15, -0.1) is 0 Å². The number of rotatable bonds is 4. The van der Waals surface area contributed by atoms with Gasteiger partial charge in [0.25, 0.3) is 0 Å². The summed E-state index contributed by atoms with van der Waals surface area (Å²) in [4.78, 5) is 14.1. The van der Waals surface area contributed by atoms with E-state index in [0.29, 0.717) is 12.6 Å². The summed E-state index contributed by atoms with van der Waals surface area (Å²) < 4.78 is 10.9. The highest BCUT2D eigenvalue weighted by atomic mass is 16.6. The number of nitrogens with zero attached hydrogens (tertiary/aromatic N) is 1. The first-order chi connectivity index (χ1) is 12.4. The minimum Gasteiger partial charge on any atom is -0.464 e. The summed E-state index contributed by atoms with van der Waals surface area (Å²) in [6.07, 6.45) is 3.54. The van der Waals surface area contributed by atoms with E-state index in [0.717, 1.165) is 37.3 Å². The number of likely N-dealkylation sites (tertiary alicyclic amines) is 1. The van der Waals surface area contributed by atoms with Crippen LogP contribution in [0.5, 0.6) is 0 Å². The fourth-order valence-electron chi connectivity index (χ4n) is 3.13. The molecule has 1 aliphatic heterocycles. The quantitative estimate of drug-likeness (QED) is 0.880. The standard InChI is InChI=1S/C21H28N2O3/c1-21(2,3)26-20(24)23-12-4-6-18(15-23)22-14-16-8-10-17(11-9-16)19-7-5-13-25-19/h5,7-11,13,18,22H,4,6,12,14-15H2,1-3H3. The molecule has 0 radical (unpaired) electrons. The van der Waals surface area contributed by atoms with E-state index in [1.165, 1.54) is 5.56 Å². The number of amides is 1. The van der Waals surface area contributed by atoms with Crippen molar-refractivity contribution in [2.24, 2.45) is 0 Å². The lowest BCUT2D eigenvalue weighted by molar-refractivity contribution is 0.0187. The maximum atomic E-state index is 12.3. The van der Waals surface area contributed by atoms with Gasteiger partial charge < -0.3 is 19.4 Å². The lowest BCUT2D eigenvalue weighted by Crippen LogP contribution is -2.49. The number of carbonyl (C=O) groups excluding carboxylic acids is 1. The molecule has 1 N–H and O–H groups in total. The molecular weight excluding hydrogens is 328 g/mol. The monoisotopic (exact) mass is 356 g/mol. The average Bonchev–Trinajstić information content (AvgIpc) is 3.14. The molecule has 2 aromatic rings. The highest BCUT2D eigenvalue weighted by Crippen LogP contribution is 2.20. The molecule has 0 spiro atoms. The molecule has 0 aliphatic carbocycles. The molecule has 5 heteroatoms. The van der Waals surface area contributed by atoms with Crippen LogP contribution in [-0.4, -0.2) is 35.7 Å². The van der Waals surface area contributed by atoms with Crippen LogP contribution in [0, 0.1) is 0 Å². The Balaban J connectivity index is 1.50. The molecule has 0 saturated carbocycles. The largest absolute Gasteiger partial charge is 0.464 e. The van der Waals surface area contributed by atoms with E-state index in [-0.39, 0.29) is 6.09 Å². The van der Waals surface area contributed by atoms with Crippen LogP contribution in [0.25, 0.3) is 11.3 Å². The first-order valence-electron chi connectivity index (χ1n) is 9.25. The zero-order valence-corrected chi connectivity index (χ0v) is 15.8. The predicted octanol–water partition coefficient (Wildman–Crippen LogP) is 4.44. The highest BCUT2D eigenvalue weighted by Gasteiger charge is 2.27. The number of hydrogen-bond donors (Lipinski definition) is 1. The second kappa shape index (κ2) is 7.96. The van der Waals surface area contributed by atoms with Crippen molar-refractivity contribution in [3.8, 4) is 11.3 Å². The van der Waals surface area contributed by atoms with Crippen molar-refractivity contribution in [3.63, 3.8) is 0 Å². The van der Waals surface area contributed by atoms with Crippen molar-refractivity contribution < 1.29 is 13.9 Å². The van der Waals surface area contributed by atoms with Crippen LogP contribution in [-0.2, 0) is 11.3 Å². The molecular formula is C21H28N2O3. The molecule has 140 valence electrons. The van der Waals surface area contributed by atoms with Crippen LogP contribution >= 0.6 is 0 Å². The topological polar surface area (TPSA) is 54.7 Å². The summed E-state index contributed by atoms with van der Waals surface area (Å²) in [6.45, 7) is 7.94. The van der Waals surface area contributed by atoms with E-state index in [9.17, 15) is 4.79 Å². The number of piperidine rings is 1. The Kier molecular flexibility index (Phi) is 5.67. The van der Waals surface area contributed by atoms with E-state index < -0.39 is 5.60 Å². The maximum Gasteiger partial charge on any atom is 0.410 e. The van der Waals surface area contributed by atoms with Gasteiger partial charge in [0.15, 0.2) is 0 Å². The molecule has 1 saturated heterocycles. The predicted molar refractivity (Wildman–Crippen MR) is 102 cm³/mol. The van der Waals surface area contributed by atoms with Gasteiger partial charge in [0, 0.05) is 31.2 Å². The lowest BCUT2D eigenvalue weighted by Gasteiger charge is -2.34. The number of nitrogens with one attached hydrogen (secondary N) is 1. The zero-order chi connectivity index (χ0) is 18.6. The van der Waals surface area contributed by atoms with Gasteiger partial charge in [0.05, 0.1) is 6.26 Å². The number of carbonyl (C=O) groups is 1. The summed E-state index contributed by atoms with van der Waals surface area (Å²) in [5.41, 5.74) is 1.84. The van der Waals surface area contributed by atoms with Gasteiger partial charge in [-0.05, 0) is 51.3 Å². The Hall–Kier alpha value is -2.27. The SMILES string of the molecule is CC(C)(C)OC(=O)N1CCCC(NCc2ccc(-c3ccco3)cc2)C1. The Labute approximate surface area is 155 Å². The van der Waals surface area contributed by atoms with Gasteiger partial charge in [0.1, 0.15) is 11.4 Å². The van der Waals surface area contributed by atoms with Crippen molar-refractivity contribution in [1.82, 2.24) is 10.2 Å². The van der Waals surface area contributed by atoms with Crippen LogP contribution in [0.1, 0.15) is 39.2 Å². The van der Waals surface area contributed by atoms with Crippen molar-refractivity contribution >= 4 is 6.09 Å². The third-order valence-electron chi connectivity index (χ3n) is 4.43. The van der Waals surface area contributed by atoms with Crippen LogP contribution < -0.4 is 5.32 Å². The lowest BCUT2D eigenvalue weighted by atomic mass is 10.1. The molecule has 1 unspecified atom stereocenters. The molecule has 1 fully saturated rings. The van der Waals surface area contributed by atoms with Gasteiger partial charge in [0.2, 0.25) is 0 Å². The van der Waals surface area contributed by atoms with Crippen LogP contribution in [0.2, 0.25) is 0 Å². The molecule has 26 heavy (non-hydrogen) atoms. The molecule has 1 aliphatic rings. The fraction of sp³-hybridized carbons (Fsp3) is 0.476. The minimum atomic E-state index is -0.451. The van der Waals surface area contributed by atoms with Crippen LogP contribution in [0.3, 0.4) is 0 Å². The van der Waals surface area contributed by atoms with Gasteiger partial charge in [-0.25, -0.2) is 4.79 Å². The first-order valence-corrected chi connectivity index (χ1v) is 9.25. The molecule has 5 nitrogen and oxygen atoms in total. The minimum absolute atomic E-state index is 0.216. The van der Waals surface area contributed by atoms with Crippen LogP contribution in [0.15, 0.2) is 47.1 Å². The fourth-order valence-corrected chi connectivity index (χ4v) is 3.13. The third-order valence-corrected chi connectivity index (χ3v) is 4.43. The molecule has 3 rings (SSSR count). The van der Waals surface area contributed by atoms with Gasteiger partial charge in [-0.1, -0.05) is 24.3 Å². The highest BCUT2D eigenvalue weighted by molar-refractivity contribution is 5.68. The van der Waals surface area contributed by atoms with E-state index in [1.807, 2.05) is 37.8 Å². The Morgan fingerprint density at radius 1 is 1.27 bits per heavy atom.